The summed E-state index contributed by atoms with van der Waals surface area (Å²) in [5, 5.41) is 9.06. The molecule has 0 aliphatic heterocycles. The molecule has 0 aliphatic rings. The quantitative estimate of drug-likeness (QED) is 0.892. The third-order valence-corrected chi connectivity index (χ3v) is 3.16. The van der Waals surface area contributed by atoms with Crippen LogP contribution in [0.15, 0.2) is 48.8 Å². The molecular formula is C16H17NO2. The van der Waals surface area contributed by atoms with Crippen molar-refractivity contribution < 1.29 is 9.90 Å². The molecule has 0 aliphatic carbocycles. The van der Waals surface area contributed by atoms with Crippen molar-refractivity contribution in [1.82, 2.24) is 4.98 Å². The molecule has 0 saturated heterocycles. The van der Waals surface area contributed by atoms with Crippen LogP contribution >= 0.6 is 0 Å². The zero-order chi connectivity index (χ0) is 13.7. The van der Waals surface area contributed by atoms with Crippen molar-refractivity contribution in [2.45, 2.75) is 25.7 Å². The standard InChI is InChI=1S/C16H17NO2/c1-12-3-2-4-13(9-12)10-15(11-16(18)19)14-5-7-17-8-6-14/h2-9,15H,10-11H2,1H3,(H,18,19). The molecule has 1 atom stereocenters. The molecule has 19 heavy (non-hydrogen) atoms. The van der Waals surface area contributed by atoms with E-state index in [1.165, 1.54) is 11.1 Å². The molecule has 0 spiro atoms. The molecule has 2 rings (SSSR count). The van der Waals surface area contributed by atoms with Gasteiger partial charge in [0, 0.05) is 12.4 Å². The molecule has 0 fully saturated rings. The fraction of sp³-hybridized carbons (Fsp3) is 0.250. The van der Waals surface area contributed by atoms with Crippen LogP contribution in [0.5, 0.6) is 0 Å². The topological polar surface area (TPSA) is 50.2 Å². The van der Waals surface area contributed by atoms with Gasteiger partial charge in [-0.05, 0) is 42.5 Å². The summed E-state index contributed by atoms with van der Waals surface area (Å²) in [4.78, 5) is 15.0. The van der Waals surface area contributed by atoms with Gasteiger partial charge in [-0.3, -0.25) is 9.78 Å². The minimum absolute atomic E-state index is 0.0118. The van der Waals surface area contributed by atoms with E-state index in [4.69, 9.17) is 5.11 Å². The second kappa shape index (κ2) is 6.14. The van der Waals surface area contributed by atoms with Crippen molar-refractivity contribution in [1.29, 1.82) is 0 Å². The van der Waals surface area contributed by atoms with Crippen molar-refractivity contribution in [3.05, 3.63) is 65.5 Å². The van der Waals surface area contributed by atoms with Gasteiger partial charge >= 0.3 is 5.97 Å². The van der Waals surface area contributed by atoms with Crippen molar-refractivity contribution in [2.24, 2.45) is 0 Å². The minimum atomic E-state index is -0.769. The highest BCUT2D eigenvalue weighted by Crippen LogP contribution is 2.24. The van der Waals surface area contributed by atoms with Crippen LogP contribution in [0.4, 0.5) is 0 Å². The van der Waals surface area contributed by atoms with Gasteiger partial charge in [-0.25, -0.2) is 0 Å². The Balaban J connectivity index is 2.21. The lowest BCUT2D eigenvalue weighted by Gasteiger charge is -2.15. The van der Waals surface area contributed by atoms with E-state index in [0.717, 1.165) is 12.0 Å². The number of carboxylic acids is 1. The van der Waals surface area contributed by atoms with Gasteiger partial charge in [0.15, 0.2) is 0 Å². The molecule has 0 saturated carbocycles. The number of aryl methyl sites for hydroxylation is 1. The van der Waals surface area contributed by atoms with Crippen LogP contribution < -0.4 is 0 Å². The first kappa shape index (κ1) is 13.3. The molecule has 1 aromatic heterocycles. The fourth-order valence-electron chi connectivity index (χ4n) is 2.28. The summed E-state index contributed by atoms with van der Waals surface area (Å²) in [6.45, 7) is 2.04. The van der Waals surface area contributed by atoms with E-state index in [0.29, 0.717) is 0 Å². The van der Waals surface area contributed by atoms with Gasteiger partial charge in [-0.1, -0.05) is 29.8 Å². The number of carbonyl (C=O) groups is 1. The van der Waals surface area contributed by atoms with Gasteiger partial charge in [0.1, 0.15) is 0 Å². The number of benzene rings is 1. The maximum Gasteiger partial charge on any atom is 0.303 e. The average Bonchev–Trinajstić information content (AvgIpc) is 2.38. The molecule has 2 aromatic rings. The predicted molar refractivity (Wildman–Crippen MR) is 74.1 cm³/mol. The molecule has 0 radical (unpaired) electrons. The summed E-state index contributed by atoms with van der Waals surface area (Å²) in [5.41, 5.74) is 3.39. The molecule has 1 heterocycles. The number of carboxylic acid groups (broad SMARTS) is 1. The van der Waals surface area contributed by atoms with E-state index in [1.54, 1.807) is 12.4 Å². The second-order valence-electron chi connectivity index (χ2n) is 4.77. The highest BCUT2D eigenvalue weighted by Gasteiger charge is 2.16. The van der Waals surface area contributed by atoms with E-state index in [9.17, 15) is 4.79 Å². The summed E-state index contributed by atoms with van der Waals surface area (Å²) in [7, 11) is 0. The molecular weight excluding hydrogens is 238 g/mol. The van der Waals surface area contributed by atoms with Crippen LogP contribution in [-0.4, -0.2) is 16.1 Å². The van der Waals surface area contributed by atoms with E-state index < -0.39 is 5.97 Å². The Bertz CT molecular complexity index is 552. The molecule has 98 valence electrons. The number of aliphatic carboxylic acids is 1. The van der Waals surface area contributed by atoms with Crippen LogP contribution in [0.1, 0.15) is 29.0 Å². The maximum absolute atomic E-state index is 11.0. The van der Waals surface area contributed by atoms with Gasteiger partial charge in [-0.15, -0.1) is 0 Å². The Hall–Kier alpha value is -2.16. The summed E-state index contributed by atoms with van der Waals surface area (Å²) in [6, 6.07) is 12.0. The molecule has 0 amide bonds. The van der Waals surface area contributed by atoms with Crippen molar-refractivity contribution in [2.75, 3.05) is 0 Å². The number of pyridine rings is 1. The molecule has 1 aromatic carbocycles. The lowest BCUT2D eigenvalue weighted by atomic mass is 9.89. The Labute approximate surface area is 112 Å². The van der Waals surface area contributed by atoms with Crippen LogP contribution in [0.3, 0.4) is 0 Å². The smallest absolute Gasteiger partial charge is 0.303 e. The lowest BCUT2D eigenvalue weighted by molar-refractivity contribution is -0.137. The lowest BCUT2D eigenvalue weighted by Crippen LogP contribution is -2.09. The highest BCUT2D eigenvalue weighted by molar-refractivity contribution is 5.68. The van der Waals surface area contributed by atoms with Crippen molar-refractivity contribution in [3.8, 4) is 0 Å². The number of hydrogen-bond donors (Lipinski definition) is 1. The second-order valence-corrected chi connectivity index (χ2v) is 4.77. The molecule has 1 N–H and O–H groups in total. The van der Waals surface area contributed by atoms with Gasteiger partial charge in [-0.2, -0.15) is 0 Å². The number of rotatable bonds is 5. The SMILES string of the molecule is Cc1cccc(CC(CC(=O)O)c2ccncc2)c1. The van der Waals surface area contributed by atoms with Crippen LogP contribution in [0, 0.1) is 6.92 Å². The fourth-order valence-corrected chi connectivity index (χ4v) is 2.28. The van der Waals surface area contributed by atoms with Crippen molar-refractivity contribution in [3.63, 3.8) is 0 Å². The van der Waals surface area contributed by atoms with Crippen LogP contribution in [0.2, 0.25) is 0 Å². The summed E-state index contributed by atoms with van der Waals surface area (Å²) < 4.78 is 0. The van der Waals surface area contributed by atoms with Gasteiger partial charge in [0.2, 0.25) is 0 Å². The van der Waals surface area contributed by atoms with Crippen LogP contribution in [-0.2, 0) is 11.2 Å². The Morgan fingerprint density at radius 3 is 2.63 bits per heavy atom. The summed E-state index contributed by atoms with van der Waals surface area (Å²) in [6.07, 6.45) is 4.29. The third kappa shape index (κ3) is 3.91. The number of nitrogens with zero attached hydrogens (tertiary/aromatic N) is 1. The van der Waals surface area contributed by atoms with Gasteiger partial charge in [0.25, 0.3) is 0 Å². The Kier molecular flexibility index (Phi) is 4.29. The zero-order valence-corrected chi connectivity index (χ0v) is 10.9. The predicted octanol–water partition coefficient (Wildman–Crippen LogP) is 3.19. The molecule has 1 unspecified atom stereocenters. The van der Waals surface area contributed by atoms with E-state index in [1.807, 2.05) is 37.3 Å². The number of hydrogen-bond acceptors (Lipinski definition) is 2. The van der Waals surface area contributed by atoms with Crippen LogP contribution in [0.25, 0.3) is 0 Å². The number of aromatic nitrogens is 1. The first-order chi connectivity index (χ1) is 9.15. The molecule has 3 nitrogen and oxygen atoms in total. The highest BCUT2D eigenvalue weighted by atomic mass is 16.4. The van der Waals surface area contributed by atoms with Gasteiger partial charge < -0.3 is 5.11 Å². The van der Waals surface area contributed by atoms with E-state index in [2.05, 4.69) is 11.1 Å². The molecule has 3 heteroatoms. The third-order valence-electron chi connectivity index (χ3n) is 3.16. The monoisotopic (exact) mass is 255 g/mol. The minimum Gasteiger partial charge on any atom is -0.481 e. The summed E-state index contributed by atoms with van der Waals surface area (Å²) in [5.74, 6) is -0.781. The largest absolute Gasteiger partial charge is 0.481 e. The summed E-state index contributed by atoms with van der Waals surface area (Å²) >= 11 is 0. The zero-order valence-electron chi connectivity index (χ0n) is 10.9. The average molecular weight is 255 g/mol. The normalized spacial score (nSPS) is 12.1. The van der Waals surface area contributed by atoms with E-state index in [-0.39, 0.29) is 12.3 Å². The van der Waals surface area contributed by atoms with Crippen molar-refractivity contribution >= 4 is 5.97 Å². The maximum atomic E-state index is 11.0. The molecule has 0 bridgehead atoms. The Morgan fingerprint density at radius 1 is 1.26 bits per heavy atom. The van der Waals surface area contributed by atoms with E-state index >= 15 is 0 Å². The van der Waals surface area contributed by atoms with Gasteiger partial charge in [0.05, 0.1) is 6.42 Å². The first-order valence-corrected chi connectivity index (χ1v) is 6.32. The first-order valence-electron chi connectivity index (χ1n) is 6.32. The Morgan fingerprint density at radius 2 is 2.00 bits per heavy atom.